The lowest BCUT2D eigenvalue weighted by atomic mass is 10.2. The number of ether oxygens (including phenoxy) is 1. The maximum atomic E-state index is 13.4. The van der Waals surface area contributed by atoms with Crippen molar-refractivity contribution >= 4 is 21.8 Å². The second kappa shape index (κ2) is 6.58. The Kier molecular flexibility index (Phi) is 5.39. The van der Waals surface area contributed by atoms with E-state index in [1.165, 1.54) is 0 Å². The van der Waals surface area contributed by atoms with Crippen LogP contribution >= 0.6 is 15.9 Å². The summed E-state index contributed by atoms with van der Waals surface area (Å²) < 4.78 is 18.5. The van der Waals surface area contributed by atoms with Crippen LogP contribution in [0.5, 0.6) is 0 Å². The van der Waals surface area contributed by atoms with Gasteiger partial charge in [-0.1, -0.05) is 5.92 Å². The topological polar surface area (TPSA) is 29.5 Å². The minimum absolute atomic E-state index is 0.00614. The van der Waals surface area contributed by atoms with Crippen LogP contribution in [0.4, 0.5) is 4.39 Å². The molecule has 1 rings (SSSR count). The molecule has 0 atom stereocenters. The van der Waals surface area contributed by atoms with Crippen LogP contribution in [0.3, 0.4) is 0 Å². The second-order valence-corrected chi connectivity index (χ2v) is 4.33. The van der Waals surface area contributed by atoms with Gasteiger partial charge in [-0.05, 0) is 28.9 Å². The number of terminal acetylenes is 1. The van der Waals surface area contributed by atoms with Gasteiger partial charge in [0.05, 0.1) is 13.2 Å². The summed E-state index contributed by atoms with van der Waals surface area (Å²) >= 11 is 2.89. The number of nitrogens with zero attached hydrogens (tertiary/aromatic N) is 1. The van der Waals surface area contributed by atoms with Crippen molar-refractivity contribution in [3.8, 4) is 12.3 Å². The average molecular weight is 302 g/mol. The molecule has 1 aliphatic rings. The third kappa shape index (κ3) is 3.99. The zero-order chi connectivity index (χ0) is 12.8. The van der Waals surface area contributed by atoms with Gasteiger partial charge in [0, 0.05) is 18.7 Å². The zero-order valence-corrected chi connectivity index (χ0v) is 11.1. The van der Waals surface area contributed by atoms with E-state index in [1.54, 1.807) is 11.8 Å². The van der Waals surface area contributed by atoms with Gasteiger partial charge in [-0.2, -0.15) is 0 Å². The molecule has 0 N–H and O–H groups in total. The third-order valence-corrected chi connectivity index (χ3v) is 2.92. The van der Waals surface area contributed by atoms with Gasteiger partial charge in [0.2, 0.25) is 5.91 Å². The third-order valence-electron chi connectivity index (χ3n) is 2.32. The number of hydrogen-bond donors (Lipinski definition) is 0. The molecule has 0 unspecified atom stereocenters. The van der Waals surface area contributed by atoms with Gasteiger partial charge in [-0.25, -0.2) is 4.39 Å². The van der Waals surface area contributed by atoms with Gasteiger partial charge in [0.25, 0.3) is 0 Å². The molecule has 1 amide bonds. The molecule has 17 heavy (non-hydrogen) atoms. The Morgan fingerprint density at radius 3 is 2.65 bits per heavy atom. The van der Waals surface area contributed by atoms with E-state index in [-0.39, 0.29) is 10.4 Å². The first-order valence-electron chi connectivity index (χ1n) is 5.13. The number of rotatable bonds is 2. The van der Waals surface area contributed by atoms with Crippen LogP contribution < -0.4 is 0 Å². The van der Waals surface area contributed by atoms with Crippen molar-refractivity contribution in [2.24, 2.45) is 0 Å². The van der Waals surface area contributed by atoms with E-state index in [1.807, 2.05) is 0 Å². The van der Waals surface area contributed by atoms with Crippen molar-refractivity contribution in [2.45, 2.75) is 6.92 Å². The van der Waals surface area contributed by atoms with Crippen molar-refractivity contribution < 1.29 is 13.9 Å². The van der Waals surface area contributed by atoms with Crippen molar-refractivity contribution in [3.63, 3.8) is 0 Å². The van der Waals surface area contributed by atoms with Crippen LogP contribution in [-0.4, -0.2) is 37.1 Å². The number of morpholine rings is 1. The lowest BCUT2D eigenvalue weighted by Gasteiger charge is -2.27. The standard InChI is InChI=1S/C12H13BrFNO2/c1-3-10(13)11(14)8-9(2)12(16)15-4-6-17-7-5-15/h1,8H,4-7H2,2H3. The molecule has 0 spiro atoms. The molecule has 0 radical (unpaired) electrons. The van der Waals surface area contributed by atoms with E-state index in [4.69, 9.17) is 11.2 Å². The summed E-state index contributed by atoms with van der Waals surface area (Å²) in [5.41, 5.74) is 0.316. The van der Waals surface area contributed by atoms with Crippen molar-refractivity contribution in [1.29, 1.82) is 0 Å². The molecule has 1 heterocycles. The maximum absolute atomic E-state index is 13.4. The Morgan fingerprint density at radius 2 is 2.12 bits per heavy atom. The highest BCUT2D eigenvalue weighted by Crippen LogP contribution is 2.16. The highest BCUT2D eigenvalue weighted by molar-refractivity contribution is 9.12. The predicted octanol–water partition coefficient (Wildman–Crippen LogP) is 2.00. The van der Waals surface area contributed by atoms with Gasteiger partial charge in [-0.3, -0.25) is 4.79 Å². The van der Waals surface area contributed by atoms with Gasteiger partial charge in [0.15, 0.2) is 0 Å². The highest BCUT2D eigenvalue weighted by Gasteiger charge is 2.18. The lowest BCUT2D eigenvalue weighted by molar-refractivity contribution is -0.131. The molecular formula is C12H13BrFNO2. The molecule has 0 bridgehead atoms. The minimum atomic E-state index is -0.619. The SMILES string of the molecule is C#CC(Br)=C(F)C=C(C)C(=O)N1CCOCC1. The summed E-state index contributed by atoms with van der Waals surface area (Å²) in [4.78, 5) is 13.5. The van der Waals surface area contributed by atoms with Crippen LogP contribution in [0, 0.1) is 12.3 Å². The first-order valence-corrected chi connectivity index (χ1v) is 5.92. The van der Waals surface area contributed by atoms with E-state index in [0.717, 1.165) is 6.08 Å². The lowest BCUT2D eigenvalue weighted by Crippen LogP contribution is -2.41. The Balaban J connectivity index is 2.75. The summed E-state index contributed by atoms with van der Waals surface area (Å²) in [6.45, 7) is 3.67. The Bertz CT molecular complexity index is 403. The smallest absolute Gasteiger partial charge is 0.249 e. The fourth-order valence-corrected chi connectivity index (χ4v) is 1.51. The van der Waals surface area contributed by atoms with Crippen molar-refractivity contribution in [2.75, 3.05) is 26.3 Å². The first kappa shape index (κ1) is 13.9. The quantitative estimate of drug-likeness (QED) is 0.443. The van der Waals surface area contributed by atoms with Gasteiger partial charge < -0.3 is 9.64 Å². The van der Waals surface area contributed by atoms with Crippen molar-refractivity contribution in [3.05, 3.63) is 22.0 Å². The molecule has 1 saturated heterocycles. The number of carbonyl (C=O) groups is 1. The summed E-state index contributed by atoms with van der Waals surface area (Å²) in [7, 11) is 0. The molecule has 3 nitrogen and oxygen atoms in total. The molecular weight excluding hydrogens is 289 g/mol. The van der Waals surface area contributed by atoms with E-state index in [2.05, 4.69) is 21.9 Å². The number of allylic oxidation sites excluding steroid dienone is 3. The number of hydrogen-bond acceptors (Lipinski definition) is 2. The molecule has 5 heteroatoms. The average Bonchev–Trinajstić information content (AvgIpc) is 2.37. The van der Waals surface area contributed by atoms with Gasteiger partial charge in [0.1, 0.15) is 10.3 Å². The summed E-state index contributed by atoms with van der Waals surface area (Å²) in [6.07, 6.45) is 6.17. The van der Waals surface area contributed by atoms with E-state index < -0.39 is 5.83 Å². The maximum Gasteiger partial charge on any atom is 0.249 e. The number of carbonyl (C=O) groups excluding carboxylic acids is 1. The second-order valence-electron chi connectivity index (χ2n) is 3.54. The van der Waals surface area contributed by atoms with E-state index in [0.29, 0.717) is 31.9 Å². The Morgan fingerprint density at radius 1 is 1.53 bits per heavy atom. The van der Waals surface area contributed by atoms with Crippen LogP contribution in [0.25, 0.3) is 0 Å². The summed E-state index contributed by atoms with van der Waals surface area (Å²) in [5.74, 6) is 1.31. The van der Waals surface area contributed by atoms with Crippen LogP contribution in [-0.2, 0) is 9.53 Å². The molecule has 92 valence electrons. The predicted molar refractivity (Wildman–Crippen MR) is 67.1 cm³/mol. The Labute approximate surface area is 108 Å². The Hall–Kier alpha value is -1.12. The van der Waals surface area contributed by atoms with Crippen LogP contribution in [0.1, 0.15) is 6.92 Å². The summed E-state index contributed by atoms with van der Waals surface area (Å²) in [5, 5.41) is 0. The van der Waals surface area contributed by atoms with Gasteiger partial charge in [-0.15, -0.1) is 6.42 Å². The van der Waals surface area contributed by atoms with Crippen molar-refractivity contribution in [1.82, 2.24) is 4.90 Å². The van der Waals surface area contributed by atoms with Gasteiger partial charge >= 0.3 is 0 Å². The molecule has 0 aliphatic carbocycles. The normalized spacial score (nSPS) is 18.5. The largest absolute Gasteiger partial charge is 0.378 e. The minimum Gasteiger partial charge on any atom is -0.378 e. The molecule has 0 aromatic rings. The van der Waals surface area contributed by atoms with E-state index in [9.17, 15) is 9.18 Å². The fraction of sp³-hybridized carbons (Fsp3) is 0.417. The van der Waals surface area contributed by atoms with E-state index >= 15 is 0 Å². The zero-order valence-electron chi connectivity index (χ0n) is 9.50. The molecule has 0 aromatic carbocycles. The fourth-order valence-electron chi connectivity index (χ4n) is 1.40. The summed E-state index contributed by atoms with van der Waals surface area (Å²) in [6, 6.07) is 0. The molecule has 1 aliphatic heterocycles. The van der Waals surface area contributed by atoms with Crippen LogP contribution in [0.2, 0.25) is 0 Å². The molecule has 0 aromatic heterocycles. The first-order chi connectivity index (χ1) is 8.06. The highest BCUT2D eigenvalue weighted by atomic mass is 79.9. The van der Waals surface area contributed by atoms with Crippen LogP contribution in [0.15, 0.2) is 22.0 Å². The monoisotopic (exact) mass is 301 g/mol. The number of halogens is 2. The number of amides is 1. The molecule has 1 fully saturated rings. The molecule has 0 saturated carbocycles.